The zero-order valence-corrected chi connectivity index (χ0v) is 24.0. The molecule has 0 bridgehead atoms. The molecule has 0 unspecified atom stereocenters. The van der Waals surface area contributed by atoms with Crippen molar-refractivity contribution in [2.45, 2.75) is 0 Å². The molecule has 0 atom stereocenters. The molecule has 0 N–H and O–H groups in total. The number of thiophene rings is 4. The summed E-state index contributed by atoms with van der Waals surface area (Å²) >= 11 is 6.02. The molecule has 2 aromatic carbocycles. The van der Waals surface area contributed by atoms with Crippen LogP contribution in [0.3, 0.4) is 0 Å². The molecule has 0 radical (unpaired) electrons. The predicted octanol–water partition coefficient (Wildman–Crippen LogP) is 9.56. The number of benzene rings is 2. The van der Waals surface area contributed by atoms with Crippen LogP contribution in [-0.2, 0) is 0 Å². The second-order valence-electron chi connectivity index (χ2n) is 8.14. The van der Waals surface area contributed by atoms with E-state index in [1.54, 1.807) is 33.4 Å². The molecule has 6 aromatic heterocycles. The Balaban J connectivity index is 1.35. The van der Waals surface area contributed by atoms with Gasteiger partial charge in [-0.15, -0.1) is 0 Å². The standard InChI is InChI=1S/C26H9F3S4Se2/c27-14-1-3-30-24(14)20-6-10-5-16-11(8-18(10)34-20)22-23(32-16)12-9-19-13(7-17(12)33-22)21(29)26(35-19)25-15(28)2-4-31-25/h1-9H. The first kappa shape index (κ1) is 21.4. The van der Waals surface area contributed by atoms with E-state index in [9.17, 15) is 8.78 Å². The molecule has 0 saturated heterocycles. The van der Waals surface area contributed by atoms with Crippen LogP contribution in [0.2, 0.25) is 0 Å². The first-order chi connectivity index (χ1) is 17.0. The molecule has 0 aliphatic carbocycles. The van der Waals surface area contributed by atoms with Crippen LogP contribution in [0.25, 0.3) is 67.5 Å². The summed E-state index contributed by atoms with van der Waals surface area (Å²) in [4.78, 5) is 1.19. The molecule has 8 aromatic rings. The van der Waals surface area contributed by atoms with E-state index in [0.29, 0.717) is 14.7 Å². The van der Waals surface area contributed by atoms with Crippen molar-refractivity contribution in [1.29, 1.82) is 0 Å². The third-order valence-corrected chi connectivity index (χ3v) is 15.8. The van der Waals surface area contributed by atoms with E-state index in [1.807, 2.05) is 6.07 Å². The predicted molar refractivity (Wildman–Crippen MR) is 150 cm³/mol. The Kier molecular flexibility index (Phi) is 4.69. The Morgan fingerprint density at radius 3 is 1.97 bits per heavy atom. The van der Waals surface area contributed by atoms with Crippen molar-refractivity contribution in [3.63, 3.8) is 0 Å². The molecule has 35 heavy (non-hydrogen) atoms. The third kappa shape index (κ3) is 3.08. The number of fused-ring (bicyclic) bond motifs is 7. The van der Waals surface area contributed by atoms with Gasteiger partial charge in [0.1, 0.15) is 0 Å². The van der Waals surface area contributed by atoms with Gasteiger partial charge in [-0.3, -0.25) is 0 Å². The molecule has 0 saturated carbocycles. The second kappa shape index (κ2) is 7.67. The molecule has 6 heterocycles. The van der Waals surface area contributed by atoms with Crippen LogP contribution in [0.15, 0.2) is 53.2 Å². The van der Waals surface area contributed by atoms with Crippen molar-refractivity contribution < 1.29 is 13.2 Å². The molecule has 0 aliphatic rings. The van der Waals surface area contributed by atoms with Crippen molar-refractivity contribution in [3.05, 3.63) is 70.7 Å². The quantitative estimate of drug-likeness (QED) is 0.162. The van der Waals surface area contributed by atoms with Crippen LogP contribution < -0.4 is 0 Å². The summed E-state index contributed by atoms with van der Waals surface area (Å²) in [5.41, 5.74) is 0. The molecule has 170 valence electrons. The van der Waals surface area contributed by atoms with E-state index < -0.39 is 0 Å². The topological polar surface area (TPSA) is 0 Å². The average molecular weight is 665 g/mol. The zero-order chi connectivity index (χ0) is 23.4. The minimum absolute atomic E-state index is 0.0746. The Morgan fingerprint density at radius 2 is 1.29 bits per heavy atom. The minimum atomic E-state index is -0.336. The van der Waals surface area contributed by atoms with Crippen molar-refractivity contribution in [2.24, 2.45) is 0 Å². The van der Waals surface area contributed by atoms with E-state index in [0.717, 1.165) is 23.7 Å². The molecule has 8 rings (SSSR count). The van der Waals surface area contributed by atoms with Gasteiger partial charge in [0.25, 0.3) is 0 Å². The fourth-order valence-corrected chi connectivity index (χ4v) is 14.0. The van der Waals surface area contributed by atoms with Gasteiger partial charge >= 0.3 is 226 Å². The van der Waals surface area contributed by atoms with Crippen LogP contribution in [0.1, 0.15) is 0 Å². The monoisotopic (exact) mass is 666 g/mol. The molecule has 0 spiro atoms. The zero-order valence-electron chi connectivity index (χ0n) is 17.3. The first-order valence-corrected chi connectivity index (χ1v) is 17.3. The molecule has 0 amide bonds. The van der Waals surface area contributed by atoms with Gasteiger partial charge in [-0.2, -0.15) is 0 Å². The van der Waals surface area contributed by atoms with Crippen LogP contribution in [0.4, 0.5) is 13.2 Å². The van der Waals surface area contributed by atoms with Crippen molar-refractivity contribution in [3.8, 4) is 18.6 Å². The summed E-state index contributed by atoms with van der Waals surface area (Å²) in [7, 11) is 0. The maximum absolute atomic E-state index is 15.3. The average Bonchev–Trinajstić information content (AvgIpc) is 3.66. The van der Waals surface area contributed by atoms with Crippen LogP contribution in [0, 0.1) is 17.5 Å². The summed E-state index contributed by atoms with van der Waals surface area (Å²) in [6, 6.07) is 13.7. The summed E-state index contributed by atoms with van der Waals surface area (Å²) in [6.45, 7) is 0. The molecular weight excluding hydrogens is 655 g/mol. The SMILES string of the molecule is Fc1ccsc1-c1cc2cc3sc4c5cc6[se]c(-c7sccc7F)c(F)c6cc5sc4c3cc2[se]1. The first-order valence-electron chi connectivity index (χ1n) is 10.5. The summed E-state index contributed by atoms with van der Waals surface area (Å²) in [5.74, 6) is -0.743. The molecular formula is C26H9F3S4Se2. The normalized spacial score (nSPS) is 12.4. The number of halogens is 3. The van der Waals surface area contributed by atoms with Crippen LogP contribution in [-0.4, -0.2) is 29.0 Å². The second-order valence-corrected chi connectivity index (χ2v) is 16.6. The van der Waals surface area contributed by atoms with Gasteiger partial charge in [-0.1, -0.05) is 0 Å². The van der Waals surface area contributed by atoms with E-state index in [2.05, 4.69) is 24.3 Å². The Hall–Kier alpha value is -1.67. The van der Waals surface area contributed by atoms with E-state index in [1.165, 1.54) is 63.9 Å². The van der Waals surface area contributed by atoms with Crippen molar-refractivity contribution in [2.75, 3.05) is 0 Å². The van der Waals surface area contributed by atoms with Gasteiger partial charge in [0.15, 0.2) is 0 Å². The fraction of sp³-hybridized carbons (Fsp3) is 0. The van der Waals surface area contributed by atoms with Gasteiger partial charge in [0.05, 0.1) is 0 Å². The maximum atomic E-state index is 15.3. The van der Waals surface area contributed by atoms with Gasteiger partial charge in [0, 0.05) is 0 Å². The van der Waals surface area contributed by atoms with Gasteiger partial charge < -0.3 is 0 Å². The van der Waals surface area contributed by atoms with E-state index in [4.69, 9.17) is 0 Å². The Morgan fingerprint density at radius 1 is 0.629 bits per heavy atom. The van der Waals surface area contributed by atoms with Gasteiger partial charge in [-0.25, -0.2) is 0 Å². The van der Waals surface area contributed by atoms with Crippen molar-refractivity contribution >= 4 is 123 Å². The number of hydrogen-bond acceptors (Lipinski definition) is 4. The van der Waals surface area contributed by atoms with Crippen LogP contribution >= 0.6 is 45.3 Å². The van der Waals surface area contributed by atoms with Crippen molar-refractivity contribution in [1.82, 2.24) is 0 Å². The van der Waals surface area contributed by atoms with E-state index >= 15 is 4.39 Å². The summed E-state index contributed by atoms with van der Waals surface area (Å²) in [6.07, 6.45) is 0. The van der Waals surface area contributed by atoms with Gasteiger partial charge in [-0.05, 0) is 0 Å². The molecule has 9 heteroatoms. The van der Waals surface area contributed by atoms with E-state index in [-0.39, 0.29) is 46.5 Å². The molecule has 0 fully saturated rings. The molecule has 0 nitrogen and oxygen atoms in total. The summed E-state index contributed by atoms with van der Waals surface area (Å²) in [5, 5.41) is 7.69. The number of rotatable bonds is 2. The Labute approximate surface area is 224 Å². The fourth-order valence-electron chi connectivity index (χ4n) is 4.53. The van der Waals surface area contributed by atoms with Gasteiger partial charge in [0.2, 0.25) is 0 Å². The number of hydrogen-bond donors (Lipinski definition) is 0. The summed E-state index contributed by atoms with van der Waals surface area (Å²) < 4.78 is 52.3. The Bertz CT molecular complexity index is 2110. The third-order valence-electron chi connectivity index (χ3n) is 6.13. The molecule has 0 aliphatic heterocycles. The van der Waals surface area contributed by atoms with Crippen LogP contribution in [0.5, 0.6) is 0 Å².